The predicted octanol–water partition coefficient (Wildman–Crippen LogP) is 1.31. The van der Waals surface area contributed by atoms with Gasteiger partial charge in [0.05, 0.1) is 6.10 Å². The molecule has 1 aromatic rings. The molecule has 1 aliphatic heterocycles. The Bertz CT molecular complexity index is 411. The molecule has 1 aromatic heterocycles. The third kappa shape index (κ3) is 2.97. The fourth-order valence-electron chi connectivity index (χ4n) is 2.33. The normalized spacial score (nSPS) is 18.7. The molecule has 1 saturated heterocycles. The van der Waals surface area contributed by atoms with Gasteiger partial charge in [0.1, 0.15) is 10.8 Å². The Morgan fingerprint density at radius 2 is 2.17 bits per heavy atom. The van der Waals surface area contributed by atoms with Gasteiger partial charge in [-0.25, -0.2) is 4.98 Å². The molecule has 0 amide bonds. The first-order valence-corrected chi connectivity index (χ1v) is 6.67. The summed E-state index contributed by atoms with van der Waals surface area (Å²) in [5, 5.41) is 9.57. The van der Waals surface area contributed by atoms with Crippen LogP contribution in [0.25, 0.3) is 0 Å². The van der Waals surface area contributed by atoms with Crippen LogP contribution in [0, 0.1) is 5.92 Å². The number of anilines is 1. The van der Waals surface area contributed by atoms with E-state index in [4.69, 9.17) is 18.0 Å². The summed E-state index contributed by atoms with van der Waals surface area (Å²) in [6.45, 7) is 3.75. The Morgan fingerprint density at radius 3 is 2.61 bits per heavy atom. The topological polar surface area (TPSA) is 62.4 Å². The molecule has 1 atom stereocenters. The van der Waals surface area contributed by atoms with Gasteiger partial charge in [0, 0.05) is 24.8 Å². The highest BCUT2D eigenvalue weighted by atomic mass is 32.1. The zero-order valence-electron chi connectivity index (χ0n) is 10.5. The van der Waals surface area contributed by atoms with Crippen molar-refractivity contribution in [2.45, 2.75) is 25.9 Å². The molecule has 0 radical (unpaired) electrons. The van der Waals surface area contributed by atoms with Gasteiger partial charge >= 0.3 is 0 Å². The maximum atomic E-state index is 9.57. The van der Waals surface area contributed by atoms with Crippen LogP contribution in [0.5, 0.6) is 0 Å². The van der Waals surface area contributed by atoms with Crippen molar-refractivity contribution in [2.24, 2.45) is 11.7 Å². The Labute approximate surface area is 113 Å². The van der Waals surface area contributed by atoms with Crippen LogP contribution in [-0.4, -0.2) is 34.3 Å². The molecule has 5 heteroatoms. The minimum atomic E-state index is -0.211. The summed E-state index contributed by atoms with van der Waals surface area (Å²) in [5.41, 5.74) is 6.34. The molecule has 98 valence electrons. The maximum Gasteiger partial charge on any atom is 0.128 e. The molecular weight excluding hydrogens is 246 g/mol. The molecule has 1 fully saturated rings. The van der Waals surface area contributed by atoms with Gasteiger partial charge in [0.15, 0.2) is 0 Å². The SMILES string of the molecule is CC(O)C1CCN(c2ccc(C(N)=S)cn2)CC1. The fraction of sp³-hybridized carbons (Fsp3) is 0.538. The number of nitrogens with two attached hydrogens (primary N) is 1. The second-order valence-electron chi connectivity index (χ2n) is 4.83. The standard InChI is InChI=1S/C13H19N3OS/c1-9(17)10-4-6-16(7-5-10)12-3-2-11(8-15-12)13(14)18/h2-3,8-10,17H,4-7H2,1H3,(H2,14,18). The van der Waals surface area contributed by atoms with Crippen molar-refractivity contribution < 1.29 is 5.11 Å². The molecule has 0 aromatic carbocycles. The molecule has 18 heavy (non-hydrogen) atoms. The van der Waals surface area contributed by atoms with E-state index in [1.54, 1.807) is 6.20 Å². The second-order valence-corrected chi connectivity index (χ2v) is 5.27. The van der Waals surface area contributed by atoms with Crippen LogP contribution in [0.2, 0.25) is 0 Å². The number of nitrogens with zero attached hydrogens (tertiary/aromatic N) is 2. The van der Waals surface area contributed by atoms with E-state index < -0.39 is 0 Å². The highest BCUT2D eigenvalue weighted by molar-refractivity contribution is 7.80. The van der Waals surface area contributed by atoms with E-state index in [1.807, 2.05) is 19.1 Å². The Morgan fingerprint density at radius 1 is 1.50 bits per heavy atom. The molecule has 0 bridgehead atoms. The molecule has 2 rings (SSSR count). The quantitative estimate of drug-likeness (QED) is 0.807. The van der Waals surface area contributed by atoms with Gasteiger partial charge in [-0.1, -0.05) is 12.2 Å². The first-order valence-electron chi connectivity index (χ1n) is 6.27. The summed E-state index contributed by atoms with van der Waals surface area (Å²) in [6.07, 6.45) is 3.53. The summed E-state index contributed by atoms with van der Waals surface area (Å²) in [6, 6.07) is 3.86. The summed E-state index contributed by atoms with van der Waals surface area (Å²) in [4.78, 5) is 7.00. The van der Waals surface area contributed by atoms with Gasteiger partial charge in [-0.3, -0.25) is 0 Å². The number of hydrogen-bond donors (Lipinski definition) is 2. The van der Waals surface area contributed by atoms with Gasteiger partial charge in [-0.2, -0.15) is 0 Å². The van der Waals surface area contributed by atoms with Crippen molar-refractivity contribution in [1.82, 2.24) is 4.98 Å². The number of rotatable bonds is 3. The zero-order valence-corrected chi connectivity index (χ0v) is 11.4. The third-order valence-electron chi connectivity index (χ3n) is 3.58. The average Bonchev–Trinajstić information content (AvgIpc) is 2.39. The van der Waals surface area contributed by atoms with Crippen LogP contribution in [-0.2, 0) is 0 Å². The van der Waals surface area contributed by atoms with E-state index >= 15 is 0 Å². The first kappa shape index (κ1) is 13.2. The minimum Gasteiger partial charge on any atom is -0.393 e. The molecule has 0 saturated carbocycles. The van der Waals surface area contributed by atoms with E-state index in [2.05, 4.69) is 9.88 Å². The zero-order chi connectivity index (χ0) is 13.1. The number of aliphatic hydroxyl groups excluding tert-OH is 1. The molecule has 2 heterocycles. The molecular formula is C13H19N3OS. The molecule has 4 nitrogen and oxygen atoms in total. The van der Waals surface area contributed by atoms with Gasteiger partial charge in [0.2, 0.25) is 0 Å². The van der Waals surface area contributed by atoms with Crippen LogP contribution in [0.1, 0.15) is 25.3 Å². The van der Waals surface area contributed by atoms with E-state index in [-0.39, 0.29) is 6.10 Å². The lowest BCUT2D eigenvalue weighted by Crippen LogP contribution is -2.37. The van der Waals surface area contributed by atoms with Gasteiger partial charge in [0.25, 0.3) is 0 Å². The molecule has 0 aliphatic carbocycles. The van der Waals surface area contributed by atoms with E-state index in [1.165, 1.54) is 0 Å². The van der Waals surface area contributed by atoms with Crippen LogP contribution in [0.15, 0.2) is 18.3 Å². The number of aliphatic hydroxyl groups is 1. The summed E-state index contributed by atoms with van der Waals surface area (Å²) in [7, 11) is 0. The Hall–Kier alpha value is -1.20. The largest absolute Gasteiger partial charge is 0.393 e. The van der Waals surface area contributed by atoms with Crippen molar-refractivity contribution in [1.29, 1.82) is 0 Å². The van der Waals surface area contributed by atoms with Crippen LogP contribution in [0.3, 0.4) is 0 Å². The monoisotopic (exact) mass is 265 g/mol. The van der Waals surface area contributed by atoms with Crippen molar-refractivity contribution in [3.63, 3.8) is 0 Å². The van der Waals surface area contributed by atoms with Crippen molar-refractivity contribution in [2.75, 3.05) is 18.0 Å². The number of piperidine rings is 1. The maximum absolute atomic E-state index is 9.57. The average molecular weight is 265 g/mol. The molecule has 3 N–H and O–H groups in total. The van der Waals surface area contributed by atoms with Crippen molar-refractivity contribution in [3.05, 3.63) is 23.9 Å². The van der Waals surface area contributed by atoms with E-state index in [0.29, 0.717) is 10.9 Å². The molecule has 1 unspecified atom stereocenters. The van der Waals surface area contributed by atoms with Gasteiger partial charge < -0.3 is 15.7 Å². The number of aromatic nitrogens is 1. The number of thiocarbonyl (C=S) groups is 1. The minimum absolute atomic E-state index is 0.211. The smallest absolute Gasteiger partial charge is 0.128 e. The Balaban J connectivity index is 1.99. The predicted molar refractivity (Wildman–Crippen MR) is 76.7 cm³/mol. The summed E-state index contributed by atoms with van der Waals surface area (Å²) < 4.78 is 0. The summed E-state index contributed by atoms with van der Waals surface area (Å²) >= 11 is 4.90. The second kappa shape index (κ2) is 5.63. The highest BCUT2D eigenvalue weighted by Crippen LogP contribution is 2.24. The first-order chi connectivity index (χ1) is 8.58. The van der Waals surface area contributed by atoms with E-state index in [0.717, 1.165) is 37.3 Å². The van der Waals surface area contributed by atoms with Gasteiger partial charge in [-0.05, 0) is 37.8 Å². The van der Waals surface area contributed by atoms with E-state index in [9.17, 15) is 5.11 Å². The molecule has 1 aliphatic rings. The summed E-state index contributed by atoms with van der Waals surface area (Å²) in [5.74, 6) is 1.37. The lowest BCUT2D eigenvalue weighted by molar-refractivity contribution is 0.110. The lowest BCUT2D eigenvalue weighted by atomic mass is 9.92. The molecule has 0 spiro atoms. The third-order valence-corrected chi connectivity index (χ3v) is 3.81. The van der Waals surface area contributed by atoms with Crippen LogP contribution < -0.4 is 10.6 Å². The number of pyridine rings is 1. The van der Waals surface area contributed by atoms with Crippen LogP contribution >= 0.6 is 12.2 Å². The Kier molecular flexibility index (Phi) is 4.14. The highest BCUT2D eigenvalue weighted by Gasteiger charge is 2.23. The van der Waals surface area contributed by atoms with Crippen LogP contribution in [0.4, 0.5) is 5.82 Å². The van der Waals surface area contributed by atoms with Crippen molar-refractivity contribution in [3.8, 4) is 0 Å². The number of hydrogen-bond acceptors (Lipinski definition) is 4. The fourth-order valence-corrected chi connectivity index (χ4v) is 2.45. The van der Waals surface area contributed by atoms with Crippen molar-refractivity contribution >= 4 is 23.0 Å². The van der Waals surface area contributed by atoms with Gasteiger partial charge in [-0.15, -0.1) is 0 Å². The lowest BCUT2D eigenvalue weighted by Gasteiger charge is -2.34.